The van der Waals surface area contributed by atoms with E-state index >= 15 is 0 Å². The van der Waals surface area contributed by atoms with Crippen molar-refractivity contribution in [3.63, 3.8) is 0 Å². The first-order valence-electron chi connectivity index (χ1n) is 9.60. The summed E-state index contributed by atoms with van der Waals surface area (Å²) in [6, 6.07) is 3.22. The summed E-state index contributed by atoms with van der Waals surface area (Å²) >= 11 is 0. The quantitative estimate of drug-likeness (QED) is 0.752. The van der Waals surface area contributed by atoms with Crippen LogP contribution >= 0.6 is 0 Å². The fraction of sp³-hybridized carbons (Fsp3) is 0.632. The van der Waals surface area contributed by atoms with Crippen LogP contribution in [0.25, 0.3) is 5.95 Å². The lowest BCUT2D eigenvalue weighted by molar-refractivity contribution is -0.0794. The van der Waals surface area contributed by atoms with Gasteiger partial charge in [0, 0.05) is 49.7 Å². The third-order valence-electron chi connectivity index (χ3n) is 5.47. The molecule has 0 aliphatic heterocycles. The maximum atomic E-state index is 13.4. The lowest BCUT2D eigenvalue weighted by Crippen LogP contribution is -2.44. The molecule has 2 aliphatic carbocycles. The van der Waals surface area contributed by atoms with Gasteiger partial charge in [0.1, 0.15) is 5.82 Å². The molecule has 0 saturated heterocycles. The molecule has 0 atom stereocenters. The molecule has 2 aromatic heterocycles. The van der Waals surface area contributed by atoms with Crippen LogP contribution in [0, 0.1) is 12.8 Å². The van der Waals surface area contributed by atoms with E-state index in [2.05, 4.69) is 20.4 Å². The molecule has 0 bridgehead atoms. The number of halogens is 4. The third kappa shape index (κ3) is 4.44. The van der Waals surface area contributed by atoms with Crippen molar-refractivity contribution >= 4 is 5.82 Å². The largest absolute Gasteiger partial charge is 0.367 e. The number of aryl methyl sites for hydroxylation is 1. The van der Waals surface area contributed by atoms with Crippen LogP contribution in [0.5, 0.6) is 0 Å². The average molecular weight is 397 g/mol. The van der Waals surface area contributed by atoms with Crippen molar-refractivity contribution in [2.45, 2.75) is 69.8 Å². The topological polar surface area (TPSA) is 55.6 Å². The van der Waals surface area contributed by atoms with Gasteiger partial charge in [0.25, 0.3) is 11.9 Å². The van der Waals surface area contributed by atoms with Crippen molar-refractivity contribution in [3.8, 4) is 5.95 Å². The van der Waals surface area contributed by atoms with Gasteiger partial charge in [-0.25, -0.2) is 27.2 Å². The highest BCUT2D eigenvalue weighted by molar-refractivity contribution is 5.41. The molecule has 0 aromatic carbocycles. The number of aromatic nitrogens is 4. The maximum absolute atomic E-state index is 13.4. The summed E-state index contributed by atoms with van der Waals surface area (Å²) in [4.78, 5) is 8.96. The summed E-state index contributed by atoms with van der Waals surface area (Å²) in [5.41, 5.74) is 1.51. The number of rotatable bonds is 5. The first-order valence-corrected chi connectivity index (χ1v) is 9.60. The smallest absolute Gasteiger partial charge is 0.252 e. The van der Waals surface area contributed by atoms with E-state index in [4.69, 9.17) is 0 Å². The van der Waals surface area contributed by atoms with Gasteiger partial charge >= 0.3 is 0 Å². The second kappa shape index (κ2) is 7.00. The van der Waals surface area contributed by atoms with Crippen LogP contribution in [0.2, 0.25) is 0 Å². The van der Waals surface area contributed by atoms with E-state index in [0.717, 1.165) is 5.69 Å². The fourth-order valence-electron chi connectivity index (χ4n) is 3.86. The summed E-state index contributed by atoms with van der Waals surface area (Å²) in [6.07, 6.45) is 2.54. The van der Waals surface area contributed by atoms with Crippen molar-refractivity contribution in [1.82, 2.24) is 19.7 Å². The summed E-state index contributed by atoms with van der Waals surface area (Å²) in [5.74, 6) is -4.25. The Labute approximate surface area is 160 Å². The SMILES string of the molecule is Cc1ccn(-c2nc(CC3CCC(F)(F)CC3)cc(NC3CC(F)(F)C3)n2)n1. The van der Waals surface area contributed by atoms with Crippen LogP contribution in [-0.4, -0.2) is 37.6 Å². The van der Waals surface area contributed by atoms with Gasteiger partial charge in [-0.15, -0.1) is 0 Å². The summed E-state index contributed by atoms with van der Waals surface area (Å²) in [7, 11) is 0. The van der Waals surface area contributed by atoms with E-state index in [0.29, 0.717) is 36.7 Å². The van der Waals surface area contributed by atoms with E-state index in [-0.39, 0.29) is 37.6 Å². The Morgan fingerprint density at radius 2 is 1.82 bits per heavy atom. The Hall–Kier alpha value is -2.19. The molecule has 2 aliphatic rings. The average Bonchev–Trinajstić information content (AvgIpc) is 3.02. The molecule has 28 heavy (non-hydrogen) atoms. The zero-order valence-electron chi connectivity index (χ0n) is 15.6. The summed E-state index contributed by atoms with van der Waals surface area (Å²) in [6.45, 7) is 1.85. The highest BCUT2D eigenvalue weighted by Gasteiger charge is 2.45. The van der Waals surface area contributed by atoms with Crippen LogP contribution in [0.3, 0.4) is 0 Å². The molecule has 5 nitrogen and oxygen atoms in total. The molecule has 1 N–H and O–H groups in total. The fourth-order valence-corrected chi connectivity index (χ4v) is 3.86. The van der Waals surface area contributed by atoms with Crippen molar-refractivity contribution in [1.29, 1.82) is 0 Å². The van der Waals surface area contributed by atoms with Gasteiger partial charge in [-0.3, -0.25) is 0 Å². The molecule has 2 saturated carbocycles. The van der Waals surface area contributed by atoms with Gasteiger partial charge in [0.05, 0.1) is 5.69 Å². The zero-order chi connectivity index (χ0) is 19.9. The second-order valence-electron chi connectivity index (χ2n) is 8.06. The van der Waals surface area contributed by atoms with E-state index in [1.807, 2.05) is 13.0 Å². The molecule has 9 heteroatoms. The predicted octanol–water partition coefficient (Wildman–Crippen LogP) is 4.55. The predicted molar refractivity (Wildman–Crippen MR) is 96.1 cm³/mol. The molecule has 4 rings (SSSR count). The van der Waals surface area contributed by atoms with Gasteiger partial charge < -0.3 is 5.32 Å². The van der Waals surface area contributed by atoms with Crippen molar-refractivity contribution in [2.24, 2.45) is 5.92 Å². The Morgan fingerprint density at radius 1 is 1.11 bits per heavy atom. The zero-order valence-corrected chi connectivity index (χ0v) is 15.6. The van der Waals surface area contributed by atoms with Gasteiger partial charge in [-0.1, -0.05) is 0 Å². The highest BCUT2D eigenvalue weighted by Crippen LogP contribution is 2.39. The Balaban J connectivity index is 1.53. The van der Waals surface area contributed by atoms with Gasteiger partial charge in [-0.2, -0.15) is 10.1 Å². The standard InChI is InChI=1S/C19H23F4N5/c1-12-4-7-28(27-12)17-25-14(8-13-2-5-18(20,21)6-3-13)9-16(26-17)24-15-10-19(22,23)11-15/h4,7,9,13,15H,2-3,5-6,8,10-11H2,1H3,(H,24,25,26). The summed E-state index contributed by atoms with van der Waals surface area (Å²) < 4.78 is 54.6. The number of anilines is 1. The van der Waals surface area contributed by atoms with Crippen LogP contribution in [0.4, 0.5) is 23.4 Å². The first-order chi connectivity index (χ1) is 13.2. The Kier molecular flexibility index (Phi) is 4.79. The Bertz CT molecular complexity index is 833. The molecule has 0 unspecified atom stereocenters. The van der Waals surface area contributed by atoms with Crippen molar-refractivity contribution in [2.75, 3.05) is 5.32 Å². The third-order valence-corrected chi connectivity index (χ3v) is 5.47. The monoisotopic (exact) mass is 397 g/mol. The van der Waals surface area contributed by atoms with E-state index in [1.165, 1.54) is 4.68 Å². The minimum absolute atomic E-state index is 0.101. The normalized spacial score (nSPS) is 22.0. The van der Waals surface area contributed by atoms with Gasteiger partial charge in [0.2, 0.25) is 5.92 Å². The molecule has 152 valence electrons. The molecular weight excluding hydrogens is 374 g/mol. The van der Waals surface area contributed by atoms with E-state index in [1.54, 1.807) is 12.3 Å². The van der Waals surface area contributed by atoms with Crippen LogP contribution in [0.15, 0.2) is 18.3 Å². The van der Waals surface area contributed by atoms with Crippen molar-refractivity contribution in [3.05, 3.63) is 29.7 Å². The molecular formula is C19H23F4N5. The molecule has 2 fully saturated rings. The maximum Gasteiger partial charge on any atom is 0.252 e. The van der Waals surface area contributed by atoms with Crippen LogP contribution in [0.1, 0.15) is 49.9 Å². The number of nitrogens with zero attached hydrogens (tertiary/aromatic N) is 4. The van der Waals surface area contributed by atoms with Gasteiger partial charge in [0.15, 0.2) is 0 Å². The number of hydrogen-bond donors (Lipinski definition) is 1. The first kappa shape index (κ1) is 19.1. The lowest BCUT2D eigenvalue weighted by atomic mass is 9.84. The number of alkyl halides is 4. The number of nitrogens with one attached hydrogen (secondary N) is 1. The van der Waals surface area contributed by atoms with E-state index in [9.17, 15) is 17.6 Å². The molecule has 2 heterocycles. The van der Waals surface area contributed by atoms with Crippen LogP contribution in [-0.2, 0) is 6.42 Å². The minimum atomic E-state index is -2.62. The Morgan fingerprint density at radius 3 is 2.43 bits per heavy atom. The molecule has 0 amide bonds. The summed E-state index contributed by atoms with van der Waals surface area (Å²) in [5, 5.41) is 7.36. The minimum Gasteiger partial charge on any atom is -0.367 e. The molecule has 0 radical (unpaired) electrons. The highest BCUT2D eigenvalue weighted by atomic mass is 19.3. The lowest BCUT2D eigenvalue weighted by Gasteiger charge is -2.35. The molecule has 0 spiro atoms. The molecule has 2 aromatic rings. The van der Waals surface area contributed by atoms with E-state index < -0.39 is 11.8 Å². The van der Waals surface area contributed by atoms with Gasteiger partial charge in [-0.05, 0) is 38.2 Å². The number of hydrogen-bond acceptors (Lipinski definition) is 4. The second-order valence-corrected chi connectivity index (χ2v) is 8.06. The van der Waals surface area contributed by atoms with Crippen LogP contribution < -0.4 is 5.32 Å². The van der Waals surface area contributed by atoms with Crippen molar-refractivity contribution < 1.29 is 17.6 Å².